The van der Waals surface area contributed by atoms with E-state index in [2.05, 4.69) is 5.32 Å². The number of hydrogen-bond donors (Lipinski definition) is 2. The van der Waals surface area contributed by atoms with E-state index >= 15 is 0 Å². The van der Waals surface area contributed by atoms with E-state index in [9.17, 15) is 19.2 Å². The maximum Gasteiger partial charge on any atom is 0.407 e. The highest BCUT2D eigenvalue weighted by atomic mass is 19.1. The van der Waals surface area contributed by atoms with Gasteiger partial charge in [-0.05, 0) is 40.2 Å². The molecule has 1 saturated heterocycles. The van der Waals surface area contributed by atoms with E-state index in [4.69, 9.17) is 15.2 Å². The number of amides is 1. The Morgan fingerprint density at radius 1 is 1.45 bits per heavy atom. The minimum absolute atomic E-state index is 0.0726. The van der Waals surface area contributed by atoms with E-state index in [-0.39, 0.29) is 41.6 Å². The minimum Gasteiger partial charge on any atom is -0.462 e. The summed E-state index contributed by atoms with van der Waals surface area (Å²) in [7, 11) is 0. The van der Waals surface area contributed by atoms with Crippen LogP contribution in [0.3, 0.4) is 0 Å². The molecule has 29 heavy (non-hydrogen) atoms. The summed E-state index contributed by atoms with van der Waals surface area (Å²) in [5.41, 5.74) is 5.15. The summed E-state index contributed by atoms with van der Waals surface area (Å²) in [5.74, 6) is -1.46. The zero-order valence-electron chi connectivity index (χ0n) is 17.2. The molecule has 0 aliphatic carbocycles. The number of anilines is 1. The fourth-order valence-electron chi connectivity index (χ4n) is 3.16. The van der Waals surface area contributed by atoms with Crippen molar-refractivity contribution in [1.82, 2.24) is 10.2 Å². The van der Waals surface area contributed by atoms with Gasteiger partial charge in [0.1, 0.15) is 17.5 Å². The number of esters is 1. The Kier molecular flexibility index (Phi) is 7.03. The molecule has 9 heteroatoms. The molecule has 0 spiro atoms. The Labute approximate surface area is 169 Å². The molecule has 0 radical (unpaired) electrons. The van der Waals surface area contributed by atoms with Gasteiger partial charge in [-0.25, -0.2) is 14.0 Å². The van der Waals surface area contributed by atoms with Crippen LogP contribution in [0.4, 0.5) is 14.9 Å². The van der Waals surface area contributed by atoms with Crippen LogP contribution < -0.4 is 11.1 Å². The first-order valence-corrected chi connectivity index (χ1v) is 9.45. The lowest BCUT2D eigenvalue weighted by Crippen LogP contribution is -2.40. The summed E-state index contributed by atoms with van der Waals surface area (Å²) in [6, 6.07) is 2.76. The molecule has 2 rings (SSSR count). The average molecular weight is 406 g/mol. The Hall–Kier alpha value is -2.86. The average Bonchev–Trinajstić information content (AvgIpc) is 3.03. The zero-order chi connectivity index (χ0) is 21.8. The van der Waals surface area contributed by atoms with Crippen LogP contribution in [0, 0.1) is 17.1 Å². The van der Waals surface area contributed by atoms with Crippen LogP contribution in [0.1, 0.15) is 55.6 Å². The van der Waals surface area contributed by atoms with Gasteiger partial charge in [-0.15, -0.1) is 0 Å². The number of nitrogens with two attached hydrogens (primary N) is 1. The topological polar surface area (TPSA) is 118 Å². The number of alkyl carbamates (subject to hydrolysis) is 1. The first kappa shape index (κ1) is 22.4. The van der Waals surface area contributed by atoms with Crippen molar-refractivity contribution in [3.63, 3.8) is 0 Å². The Bertz CT molecular complexity index is 829. The number of rotatable bonds is 5. The van der Waals surface area contributed by atoms with Crippen LogP contribution in [0.15, 0.2) is 6.07 Å². The monoisotopic (exact) mass is 406 g/mol. The van der Waals surface area contributed by atoms with Gasteiger partial charge in [-0.2, -0.15) is 5.26 Å². The molecule has 1 heterocycles. The van der Waals surface area contributed by atoms with Crippen LogP contribution in [0.2, 0.25) is 0 Å². The van der Waals surface area contributed by atoms with E-state index in [1.807, 2.05) is 11.0 Å². The van der Waals surface area contributed by atoms with Gasteiger partial charge in [0.25, 0.3) is 0 Å². The number of carbonyl (C=O) groups is 2. The van der Waals surface area contributed by atoms with Crippen molar-refractivity contribution in [2.45, 2.75) is 52.3 Å². The molecule has 3 N–H and O–H groups in total. The highest BCUT2D eigenvalue weighted by Gasteiger charge is 2.28. The van der Waals surface area contributed by atoms with Crippen LogP contribution >= 0.6 is 0 Å². The van der Waals surface area contributed by atoms with Gasteiger partial charge in [0.2, 0.25) is 0 Å². The van der Waals surface area contributed by atoms with Crippen molar-refractivity contribution in [2.24, 2.45) is 0 Å². The van der Waals surface area contributed by atoms with Crippen molar-refractivity contribution < 1.29 is 23.5 Å². The second-order valence-corrected chi connectivity index (χ2v) is 7.87. The van der Waals surface area contributed by atoms with Crippen molar-refractivity contribution in [3.8, 4) is 6.07 Å². The van der Waals surface area contributed by atoms with E-state index in [0.29, 0.717) is 19.5 Å². The summed E-state index contributed by atoms with van der Waals surface area (Å²) in [4.78, 5) is 25.8. The van der Waals surface area contributed by atoms with Crippen LogP contribution in [0.25, 0.3) is 0 Å². The van der Waals surface area contributed by atoms with Crippen molar-refractivity contribution >= 4 is 17.7 Å². The van der Waals surface area contributed by atoms with Gasteiger partial charge in [-0.3, -0.25) is 4.90 Å². The van der Waals surface area contributed by atoms with Gasteiger partial charge < -0.3 is 20.5 Å². The number of nitriles is 1. The molecule has 8 nitrogen and oxygen atoms in total. The predicted molar refractivity (Wildman–Crippen MR) is 105 cm³/mol. The van der Waals surface area contributed by atoms with Crippen molar-refractivity contribution in [2.75, 3.05) is 25.4 Å². The molecule has 0 saturated carbocycles. The van der Waals surface area contributed by atoms with Crippen molar-refractivity contribution in [3.05, 3.63) is 28.6 Å². The number of ether oxygens (including phenoxy) is 2. The molecule has 1 amide bonds. The fourth-order valence-corrected chi connectivity index (χ4v) is 3.16. The van der Waals surface area contributed by atoms with Gasteiger partial charge in [0, 0.05) is 31.2 Å². The zero-order valence-corrected chi connectivity index (χ0v) is 17.2. The third-order valence-electron chi connectivity index (χ3n) is 4.40. The SMILES string of the molecule is CCOC(=O)c1cc(F)c(CN2CC[C@@H](NC(=O)OC(C)(C)C)C2)c(C#N)c1N. The highest BCUT2D eigenvalue weighted by molar-refractivity contribution is 5.96. The van der Waals surface area contributed by atoms with Crippen LogP contribution in [-0.4, -0.2) is 48.3 Å². The fraction of sp³-hybridized carbons (Fsp3) is 0.550. The lowest BCUT2D eigenvalue weighted by molar-refractivity contribution is 0.0501. The molecule has 0 aromatic heterocycles. The minimum atomic E-state index is -0.769. The molecule has 0 unspecified atom stereocenters. The lowest BCUT2D eigenvalue weighted by atomic mass is 10.0. The van der Waals surface area contributed by atoms with Crippen LogP contribution in [-0.2, 0) is 16.0 Å². The number of nitrogen functional groups attached to an aromatic ring is 1. The lowest BCUT2D eigenvalue weighted by Gasteiger charge is -2.22. The number of likely N-dealkylation sites (tertiary alicyclic amines) is 1. The Morgan fingerprint density at radius 2 is 2.14 bits per heavy atom. The smallest absolute Gasteiger partial charge is 0.407 e. The molecule has 1 aliphatic rings. The summed E-state index contributed by atoms with van der Waals surface area (Å²) in [6.07, 6.45) is 0.162. The largest absolute Gasteiger partial charge is 0.462 e. The molecule has 158 valence electrons. The number of nitrogens with zero attached hydrogens (tertiary/aromatic N) is 2. The summed E-state index contributed by atoms with van der Waals surface area (Å²) in [5, 5.41) is 12.3. The second-order valence-electron chi connectivity index (χ2n) is 7.87. The number of benzene rings is 1. The molecular formula is C20H27FN4O4. The molecule has 1 aromatic carbocycles. The number of hydrogen-bond acceptors (Lipinski definition) is 7. The normalized spacial score (nSPS) is 16.9. The van der Waals surface area contributed by atoms with E-state index < -0.39 is 23.5 Å². The number of carbonyl (C=O) groups excluding carboxylic acids is 2. The maximum atomic E-state index is 14.7. The summed E-state index contributed by atoms with van der Waals surface area (Å²) in [6.45, 7) is 8.29. The Balaban J connectivity index is 2.11. The summed E-state index contributed by atoms with van der Waals surface area (Å²) < 4.78 is 24.8. The molecule has 0 bridgehead atoms. The van der Waals surface area contributed by atoms with E-state index in [1.165, 1.54) is 0 Å². The van der Waals surface area contributed by atoms with Gasteiger partial charge in [0.05, 0.1) is 23.4 Å². The maximum absolute atomic E-state index is 14.7. The molecular weight excluding hydrogens is 379 g/mol. The Morgan fingerprint density at radius 3 is 2.72 bits per heavy atom. The van der Waals surface area contributed by atoms with E-state index in [1.54, 1.807) is 27.7 Å². The van der Waals surface area contributed by atoms with Crippen molar-refractivity contribution in [1.29, 1.82) is 5.26 Å². The molecule has 1 aliphatic heterocycles. The molecule has 1 atom stereocenters. The van der Waals surface area contributed by atoms with Gasteiger partial charge in [0.15, 0.2) is 0 Å². The number of halogens is 1. The third-order valence-corrected chi connectivity index (χ3v) is 4.40. The third kappa shape index (κ3) is 5.81. The van der Waals surface area contributed by atoms with Gasteiger partial charge in [-0.1, -0.05) is 0 Å². The summed E-state index contributed by atoms with van der Waals surface area (Å²) >= 11 is 0. The predicted octanol–water partition coefficient (Wildman–Crippen LogP) is 2.56. The number of nitrogens with one attached hydrogen (secondary N) is 1. The highest BCUT2D eigenvalue weighted by Crippen LogP contribution is 2.27. The molecule has 1 aromatic rings. The van der Waals surface area contributed by atoms with Crippen LogP contribution in [0.5, 0.6) is 0 Å². The standard InChI is InChI=1S/C20H27FN4O4/c1-5-28-18(26)13-8-16(21)15(14(9-22)17(13)23)11-25-7-6-12(10-25)24-19(27)29-20(2,3)4/h8,12H,5-7,10-11,23H2,1-4H3,(H,24,27)/t12-/m1/s1. The second kappa shape index (κ2) is 9.09. The van der Waals surface area contributed by atoms with Gasteiger partial charge >= 0.3 is 12.1 Å². The van der Waals surface area contributed by atoms with E-state index in [0.717, 1.165) is 6.07 Å². The first-order chi connectivity index (χ1) is 13.6. The molecule has 1 fully saturated rings. The first-order valence-electron chi connectivity index (χ1n) is 9.45. The quantitative estimate of drug-likeness (QED) is 0.570.